The summed E-state index contributed by atoms with van der Waals surface area (Å²) in [6.07, 6.45) is -1.94. The average Bonchev–Trinajstić information content (AvgIpc) is 2.03. The highest BCUT2D eigenvalue weighted by Crippen LogP contribution is 2.11. The van der Waals surface area contributed by atoms with Crippen molar-refractivity contribution in [2.75, 3.05) is 26.2 Å². The van der Waals surface area contributed by atoms with Gasteiger partial charge in [0.1, 0.15) is 0 Å². The normalized spacial score (nSPS) is 16.3. The number of halogens is 2. The smallest absolute Gasteiger partial charge is 0.251 e. The molecule has 5 heteroatoms. The molecule has 0 fully saturated rings. The largest absolute Gasteiger partial charge is 0.395 e. The third-order valence-electron chi connectivity index (χ3n) is 2.14. The molecule has 0 aromatic carbocycles. The maximum atomic E-state index is 12.1. The van der Waals surface area contributed by atoms with Crippen molar-refractivity contribution in [3.05, 3.63) is 0 Å². The lowest BCUT2D eigenvalue weighted by molar-refractivity contribution is -0.00714. The molecule has 0 heterocycles. The van der Waals surface area contributed by atoms with Gasteiger partial charge in [-0.1, -0.05) is 6.92 Å². The molecule has 0 aliphatic carbocycles. The van der Waals surface area contributed by atoms with E-state index in [-0.39, 0.29) is 19.7 Å². The summed E-state index contributed by atoms with van der Waals surface area (Å²) in [7, 11) is 0. The maximum Gasteiger partial charge on any atom is 0.251 e. The molecule has 0 amide bonds. The van der Waals surface area contributed by atoms with Gasteiger partial charge in [-0.15, -0.1) is 0 Å². The zero-order chi connectivity index (χ0) is 11.2. The summed E-state index contributed by atoms with van der Waals surface area (Å²) in [5.41, 5.74) is -0.968. The predicted octanol–water partition coefficient (Wildman–Crippen LogP) is 0.707. The Bertz CT molecular complexity index is 154. The van der Waals surface area contributed by atoms with E-state index >= 15 is 0 Å². The van der Waals surface area contributed by atoms with Crippen LogP contribution >= 0.6 is 0 Å². The van der Waals surface area contributed by atoms with Crippen LogP contribution in [0.15, 0.2) is 0 Å². The molecular formula is C9H19F2NO2. The first-order valence-electron chi connectivity index (χ1n) is 4.75. The average molecular weight is 211 g/mol. The number of nitrogens with zero attached hydrogens (tertiary/aromatic N) is 1. The Labute approximate surface area is 83.3 Å². The fraction of sp³-hybridized carbons (Fsp3) is 1.00. The van der Waals surface area contributed by atoms with Gasteiger partial charge in [0.25, 0.3) is 6.43 Å². The molecule has 0 radical (unpaired) electrons. The van der Waals surface area contributed by atoms with Crippen LogP contribution in [-0.4, -0.2) is 53.4 Å². The highest BCUT2D eigenvalue weighted by Gasteiger charge is 2.23. The zero-order valence-electron chi connectivity index (χ0n) is 8.71. The standard InChI is InChI=1S/C9H19F2NO2/c1-3-9(2,14)7-12(4-5-13)6-8(10)11/h8,13-14H,3-7H2,1-2H3. The molecule has 0 aromatic rings. The Morgan fingerprint density at radius 2 is 2.00 bits per heavy atom. The molecule has 0 saturated heterocycles. The molecule has 86 valence electrons. The Kier molecular flexibility index (Phi) is 6.15. The van der Waals surface area contributed by atoms with Crippen LogP contribution in [0.4, 0.5) is 8.78 Å². The number of hydrogen-bond acceptors (Lipinski definition) is 3. The fourth-order valence-electron chi connectivity index (χ4n) is 1.17. The summed E-state index contributed by atoms with van der Waals surface area (Å²) in [4.78, 5) is 1.37. The molecule has 0 aliphatic rings. The van der Waals surface area contributed by atoms with E-state index in [1.165, 1.54) is 4.90 Å². The van der Waals surface area contributed by atoms with Crippen molar-refractivity contribution in [2.45, 2.75) is 32.3 Å². The Balaban J connectivity index is 4.07. The van der Waals surface area contributed by atoms with E-state index < -0.39 is 18.6 Å². The summed E-state index contributed by atoms with van der Waals surface area (Å²) in [6.45, 7) is 3.14. The maximum absolute atomic E-state index is 12.1. The Hall–Kier alpha value is -0.260. The van der Waals surface area contributed by atoms with Crippen LogP contribution in [0, 0.1) is 0 Å². The first-order valence-corrected chi connectivity index (χ1v) is 4.75. The lowest BCUT2D eigenvalue weighted by atomic mass is 10.0. The van der Waals surface area contributed by atoms with Gasteiger partial charge in [-0.25, -0.2) is 8.78 Å². The summed E-state index contributed by atoms with van der Waals surface area (Å²) < 4.78 is 24.2. The van der Waals surface area contributed by atoms with Gasteiger partial charge in [0.05, 0.1) is 18.8 Å². The number of aliphatic hydroxyl groups excluding tert-OH is 1. The molecule has 1 atom stereocenters. The van der Waals surface area contributed by atoms with E-state index in [9.17, 15) is 13.9 Å². The molecule has 0 bridgehead atoms. The van der Waals surface area contributed by atoms with E-state index in [0.717, 1.165) is 0 Å². The van der Waals surface area contributed by atoms with Gasteiger partial charge in [0.15, 0.2) is 0 Å². The van der Waals surface area contributed by atoms with E-state index in [0.29, 0.717) is 6.42 Å². The van der Waals surface area contributed by atoms with Crippen LogP contribution in [0.1, 0.15) is 20.3 Å². The van der Waals surface area contributed by atoms with Crippen LogP contribution in [0.2, 0.25) is 0 Å². The van der Waals surface area contributed by atoms with Gasteiger partial charge in [0.2, 0.25) is 0 Å². The van der Waals surface area contributed by atoms with Crippen LogP contribution in [-0.2, 0) is 0 Å². The third kappa shape index (κ3) is 6.23. The van der Waals surface area contributed by atoms with Crippen molar-refractivity contribution in [1.29, 1.82) is 0 Å². The minimum atomic E-state index is -2.44. The van der Waals surface area contributed by atoms with Crippen molar-refractivity contribution in [2.24, 2.45) is 0 Å². The van der Waals surface area contributed by atoms with Gasteiger partial charge < -0.3 is 10.2 Å². The summed E-state index contributed by atoms with van der Waals surface area (Å²) in [5, 5.41) is 18.3. The van der Waals surface area contributed by atoms with Crippen LogP contribution in [0.5, 0.6) is 0 Å². The molecule has 0 saturated carbocycles. The lowest BCUT2D eigenvalue weighted by Crippen LogP contribution is -2.43. The molecule has 0 aliphatic heterocycles. The second-order valence-corrected chi connectivity index (χ2v) is 3.70. The first-order chi connectivity index (χ1) is 6.41. The number of aliphatic hydroxyl groups is 2. The number of rotatable bonds is 7. The van der Waals surface area contributed by atoms with E-state index in [4.69, 9.17) is 5.11 Å². The lowest BCUT2D eigenvalue weighted by Gasteiger charge is -2.30. The quantitative estimate of drug-likeness (QED) is 0.651. The highest BCUT2D eigenvalue weighted by atomic mass is 19.3. The molecule has 0 spiro atoms. The molecule has 1 unspecified atom stereocenters. The molecule has 2 N–H and O–H groups in total. The second kappa shape index (κ2) is 6.27. The van der Waals surface area contributed by atoms with Crippen LogP contribution in [0.3, 0.4) is 0 Å². The van der Waals surface area contributed by atoms with Crippen LogP contribution < -0.4 is 0 Å². The molecule has 0 aromatic heterocycles. The molecular weight excluding hydrogens is 192 g/mol. The SMILES string of the molecule is CCC(C)(O)CN(CCO)CC(F)F. The Morgan fingerprint density at radius 3 is 2.36 bits per heavy atom. The third-order valence-corrected chi connectivity index (χ3v) is 2.14. The highest BCUT2D eigenvalue weighted by molar-refractivity contribution is 4.76. The molecule has 14 heavy (non-hydrogen) atoms. The van der Waals surface area contributed by atoms with Crippen molar-refractivity contribution in [3.8, 4) is 0 Å². The second-order valence-electron chi connectivity index (χ2n) is 3.70. The summed E-state index contributed by atoms with van der Waals surface area (Å²) >= 11 is 0. The first kappa shape index (κ1) is 13.7. The van der Waals surface area contributed by atoms with Crippen molar-refractivity contribution < 1.29 is 19.0 Å². The summed E-state index contributed by atoms with van der Waals surface area (Å²) in [5.74, 6) is 0. The summed E-state index contributed by atoms with van der Waals surface area (Å²) in [6, 6.07) is 0. The Morgan fingerprint density at radius 1 is 1.43 bits per heavy atom. The van der Waals surface area contributed by atoms with Gasteiger partial charge >= 0.3 is 0 Å². The number of alkyl halides is 2. The predicted molar refractivity (Wildman–Crippen MR) is 50.4 cm³/mol. The molecule has 0 rings (SSSR count). The number of hydrogen-bond donors (Lipinski definition) is 2. The monoisotopic (exact) mass is 211 g/mol. The minimum absolute atomic E-state index is 0.161. The van der Waals surface area contributed by atoms with Crippen LogP contribution in [0.25, 0.3) is 0 Å². The van der Waals surface area contributed by atoms with Gasteiger partial charge in [-0.2, -0.15) is 0 Å². The zero-order valence-corrected chi connectivity index (χ0v) is 8.71. The minimum Gasteiger partial charge on any atom is -0.395 e. The van der Waals surface area contributed by atoms with Gasteiger partial charge in [-0.05, 0) is 13.3 Å². The van der Waals surface area contributed by atoms with Gasteiger partial charge in [0, 0.05) is 13.1 Å². The molecule has 3 nitrogen and oxygen atoms in total. The van der Waals surface area contributed by atoms with Crippen molar-refractivity contribution in [1.82, 2.24) is 4.90 Å². The van der Waals surface area contributed by atoms with Crippen molar-refractivity contribution in [3.63, 3.8) is 0 Å². The van der Waals surface area contributed by atoms with E-state index in [1.807, 2.05) is 0 Å². The topological polar surface area (TPSA) is 43.7 Å². The van der Waals surface area contributed by atoms with Gasteiger partial charge in [-0.3, -0.25) is 4.90 Å². The van der Waals surface area contributed by atoms with Crippen molar-refractivity contribution >= 4 is 0 Å². The van der Waals surface area contributed by atoms with E-state index in [1.54, 1.807) is 13.8 Å². The fourth-order valence-corrected chi connectivity index (χ4v) is 1.17. The van der Waals surface area contributed by atoms with E-state index in [2.05, 4.69) is 0 Å².